The molecule has 0 unspecified atom stereocenters. The van der Waals surface area contributed by atoms with Gasteiger partial charge in [0, 0.05) is 5.92 Å². The highest BCUT2D eigenvalue weighted by molar-refractivity contribution is 5.96. The van der Waals surface area contributed by atoms with Crippen molar-refractivity contribution in [2.75, 3.05) is 0 Å². The summed E-state index contributed by atoms with van der Waals surface area (Å²) in [7, 11) is 0. The van der Waals surface area contributed by atoms with E-state index in [-0.39, 0.29) is 11.7 Å². The highest BCUT2D eigenvalue weighted by atomic mass is 16.1. The quantitative estimate of drug-likeness (QED) is 0.571. The van der Waals surface area contributed by atoms with Gasteiger partial charge >= 0.3 is 0 Å². The number of ketones is 1. The van der Waals surface area contributed by atoms with Gasteiger partial charge in [-0.05, 0) is 18.4 Å². The van der Waals surface area contributed by atoms with Crippen LogP contribution in [-0.2, 0) is 4.79 Å². The third-order valence-corrected chi connectivity index (χ3v) is 1.50. The summed E-state index contributed by atoms with van der Waals surface area (Å²) in [5, 5.41) is 0. The molecule has 0 rings (SSSR count). The van der Waals surface area contributed by atoms with E-state index in [0.29, 0.717) is 5.92 Å². The summed E-state index contributed by atoms with van der Waals surface area (Å²) in [6, 6.07) is 0. The van der Waals surface area contributed by atoms with Gasteiger partial charge in [0.2, 0.25) is 0 Å². The number of hydrogen-bond acceptors (Lipinski definition) is 1. The summed E-state index contributed by atoms with van der Waals surface area (Å²) in [6.45, 7) is 9.91. The molecule has 0 saturated carbocycles. The number of allylic oxidation sites excluding steroid dienone is 2. The van der Waals surface area contributed by atoms with Crippen LogP contribution >= 0.6 is 0 Å². The molecule has 0 amide bonds. The molecule has 0 fully saturated rings. The first-order valence-corrected chi connectivity index (χ1v) is 4.17. The van der Waals surface area contributed by atoms with E-state index >= 15 is 0 Å². The minimum Gasteiger partial charge on any atom is -0.294 e. The fourth-order valence-electron chi connectivity index (χ4n) is 1.04. The van der Waals surface area contributed by atoms with Crippen LogP contribution < -0.4 is 0 Å². The van der Waals surface area contributed by atoms with E-state index in [1.807, 2.05) is 26.8 Å². The molecule has 0 spiro atoms. The maximum absolute atomic E-state index is 11.3. The Balaban J connectivity index is 4.24. The summed E-state index contributed by atoms with van der Waals surface area (Å²) in [5.74, 6) is 0.862. The molecule has 1 nitrogen and oxygen atoms in total. The van der Waals surface area contributed by atoms with E-state index in [4.69, 9.17) is 0 Å². The predicted octanol–water partition coefficient (Wildman–Crippen LogP) is 2.81. The molecular formula is C10H18O. The van der Waals surface area contributed by atoms with E-state index in [0.717, 1.165) is 5.57 Å². The number of Topliss-reactive ketones (excluding diaryl/α,β-unsaturated/α-hetero) is 1. The van der Waals surface area contributed by atoms with E-state index < -0.39 is 0 Å². The van der Waals surface area contributed by atoms with E-state index in [9.17, 15) is 4.79 Å². The fraction of sp³-hybridized carbons (Fsp3) is 0.700. The molecule has 0 N–H and O–H groups in total. The lowest BCUT2D eigenvalue weighted by Crippen LogP contribution is -2.08. The second-order valence-electron chi connectivity index (χ2n) is 3.61. The summed E-state index contributed by atoms with van der Waals surface area (Å²) in [6.07, 6.45) is 2.02. The Labute approximate surface area is 69.5 Å². The molecule has 0 aromatic rings. The van der Waals surface area contributed by atoms with E-state index in [2.05, 4.69) is 13.8 Å². The zero-order valence-electron chi connectivity index (χ0n) is 8.14. The normalized spacial score (nSPS) is 12.8. The predicted molar refractivity (Wildman–Crippen MR) is 48.4 cm³/mol. The molecule has 11 heavy (non-hydrogen) atoms. The number of carbonyl (C=O) groups excluding carboxylic acids is 1. The van der Waals surface area contributed by atoms with Gasteiger partial charge in [0.15, 0.2) is 5.78 Å². The number of carbonyl (C=O) groups is 1. The molecule has 0 aromatic heterocycles. The second-order valence-corrected chi connectivity index (χ2v) is 3.61. The van der Waals surface area contributed by atoms with Crippen LogP contribution in [0.1, 0.15) is 34.6 Å². The Bertz CT molecular complexity index is 164. The van der Waals surface area contributed by atoms with Crippen molar-refractivity contribution in [1.29, 1.82) is 0 Å². The minimum atomic E-state index is 0.130. The summed E-state index contributed by atoms with van der Waals surface area (Å²) in [4.78, 5) is 11.3. The van der Waals surface area contributed by atoms with Gasteiger partial charge in [0.05, 0.1) is 0 Å². The average molecular weight is 154 g/mol. The van der Waals surface area contributed by atoms with Gasteiger partial charge < -0.3 is 0 Å². The maximum Gasteiger partial charge on any atom is 0.160 e. The smallest absolute Gasteiger partial charge is 0.160 e. The van der Waals surface area contributed by atoms with Crippen LogP contribution in [0.15, 0.2) is 11.6 Å². The molecule has 0 saturated heterocycles. The molecule has 0 aliphatic carbocycles. The number of rotatable bonds is 3. The zero-order chi connectivity index (χ0) is 9.02. The molecular weight excluding hydrogens is 136 g/mol. The summed E-state index contributed by atoms with van der Waals surface area (Å²) in [5.41, 5.74) is 0.898. The van der Waals surface area contributed by atoms with Crippen LogP contribution in [-0.4, -0.2) is 5.78 Å². The van der Waals surface area contributed by atoms with Crippen molar-refractivity contribution in [2.45, 2.75) is 34.6 Å². The van der Waals surface area contributed by atoms with Crippen molar-refractivity contribution in [3.63, 3.8) is 0 Å². The lowest BCUT2D eigenvalue weighted by molar-refractivity contribution is -0.118. The van der Waals surface area contributed by atoms with Crippen LogP contribution in [0.2, 0.25) is 0 Å². The van der Waals surface area contributed by atoms with Crippen molar-refractivity contribution in [1.82, 2.24) is 0 Å². The molecule has 0 heterocycles. The van der Waals surface area contributed by atoms with Gasteiger partial charge in [-0.3, -0.25) is 4.79 Å². The molecule has 0 aliphatic rings. The van der Waals surface area contributed by atoms with Gasteiger partial charge in [-0.15, -0.1) is 0 Å². The van der Waals surface area contributed by atoms with Crippen molar-refractivity contribution >= 4 is 5.78 Å². The lowest BCUT2D eigenvalue weighted by Gasteiger charge is -2.04. The molecule has 64 valence electrons. The van der Waals surface area contributed by atoms with Crippen molar-refractivity contribution in [3.05, 3.63) is 11.6 Å². The lowest BCUT2D eigenvalue weighted by atomic mass is 9.99. The SMILES string of the molecule is C/C(=C/C(C)C)C(=O)C(C)C. The highest BCUT2D eigenvalue weighted by Gasteiger charge is 2.08. The van der Waals surface area contributed by atoms with E-state index in [1.165, 1.54) is 0 Å². The molecule has 1 heteroatoms. The second kappa shape index (κ2) is 4.32. The van der Waals surface area contributed by atoms with Crippen LogP contribution in [0.5, 0.6) is 0 Å². The van der Waals surface area contributed by atoms with Crippen LogP contribution in [0, 0.1) is 11.8 Å². The molecule has 0 radical (unpaired) electrons. The average Bonchev–Trinajstić information content (AvgIpc) is 1.84. The molecule has 0 atom stereocenters. The van der Waals surface area contributed by atoms with Crippen molar-refractivity contribution in [3.8, 4) is 0 Å². The Morgan fingerprint density at radius 3 is 1.91 bits per heavy atom. The first-order valence-electron chi connectivity index (χ1n) is 4.17. The standard InChI is InChI=1S/C10H18O/c1-7(2)6-9(5)10(11)8(3)4/h6-8H,1-5H3/b9-6-. The van der Waals surface area contributed by atoms with Gasteiger partial charge in [-0.1, -0.05) is 33.8 Å². The van der Waals surface area contributed by atoms with Crippen molar-refractivity contribution < 1.29 is 4.79 Å². The number of hydrogen-bond donors (Lipinski definition) is 0. The summed E-state index contributed by atoms with van der Waals surface area (Å²) >= 11 is 0. The Hall–Kier alpha value is -0.590. The van der Waals surface area contributed by atoms with E-state index in [1.54, 1.807) is 0 Å². The van der Waals surface area contributed by atoms with Crippen LogP contribution in [0.3, 0.4) is 0 Å². The van der Waals surface area contributed by atoms with Crippen LogP contribution in [0.25, 0.3) is 0 Å². The highest BCUT2D eigenvalue weighted by Crippen LogP contribution is 2.08. The molecule has 0 bridgehead atoms. The molecule has 0 aliphatic heterocycles. The third-order valence-electron chi connectivity index (χ3n) is 1.50. The topological polar surface area (TPSA) is 17.1 Å². The Morgan fingerprint density at radius 2 is 1.64 bits per heavy atom. The largest absolute Gasteiger partial charge is 0.294 e. The Kier molecular flexibility index (Phi) is 4.09. The third kappa shape index (κ3) is 3.97. The van der Waals surface area contributed by atoms with Gasteiger partial charge in [0.25, 0.3) is 0 Å². The van der Waals surface area contributed by atoms with Crippen LogP contribution in [0.4, 0.5) is 0 Å². The monoisotopic (exact) mass is 154 g/mol. The Morgan fingerprint density at radius 1 is 1.18 bits per heavy atom. The summed E-state index contributed by atoms with van der Waals surface area (Å²) < 4.78 is 0. The maximum atomic E-state index is 11.3. The van der Waals surface area contributed by atoms with Gasteiger partial charge in [-0.2, -0.15) is 0 Å². The van der Waals surface area contributed by atoms with Crippen molar-refractivity contribution in [2.24, 2.45) is 11.8 Å². The first-order chi connectivity index (χ1) is 4.95. The van der Waals surface area contributed by atoms with Gasteiger partial charge in [0.1, 0.15) is 0 Å². The zero-order valence-corrected chi connectivity index (χ0v) is 8.14. The minimum absolute atomic E-state index is 0.130. The fourth-order valence-corrected chi connectivity index (χ4v) is 1.04. The molecule has 0 aromatic carbocycles. The van der Waals surface area contributed by atoms with Gasteiger partial charge in [-0.25, -0.2) is 0 Å². The first kappa shape index (κ1) is 10.4.